The van der Waals surface area contributed by atoms with E-state index in [9.17, 15) is 0 Å². The van der Waals surface area contributed by atoms with Crippen molar-refractivity contribution in [3.63, 3.8) is 0 Å². The minimum Gasteiger partial charge on any atom is -0.317 e. The van der Waals surface area contributed by atoms with Crippen LogP contribution in [0.5, 0.6) is 0 Å². The normalized spacial score (nSPS) is 44.7. The van der Waals surface area contributed by atoms with E-state index in [1.165, 1.54) is 32.1 Å². The van der Waals surface area contributed by atoms with E-state index in [4.69, 9.17) is 0 Å². The third kappa shape index (κ3) is 1.31. The minimum absolute atomic E-state index is 0.716. The Hall–Kier alpha value is -0.0400. The summed E-state index contributed by atoms with van der Waals surface area (Å²) < 4.78 is 0. The lowest BCUT2D eigenvalue weighted by atomic mass is 9.83. The molecule has 1 heteroatoms. The van der Waals surface area contributed by atoms with Gasteiger partial charge in [0.1, 0.15) is 0 Å². The maximum atomic E-state index is 3.40. The van der Waals surface area contributed by atoms with Crippen LogP contribution in [0.3, 0.4) is 0 Å². The van der Waals surface area contributed by atoms with Crippen LogP contribution in [0, 0.1) is 11.3 Å². The first kappa shape index (κ1) is 7.60. The summed E-state index contributed by atoms with van der Waals surface area (Å²) in [5.74, 6) is 1.08. The van der Waals surface area contributed by atoms with Crippen LogP contribution >= 0.6 is 0 Å². The van der Waals surface area contributed by atoms with Crippen molar-refractivity contribution in [1.29, 1.82) is 0 Å². The Kier molecular flexibility index (Phi) is 1.71. The van der Waals surface area contributed by atoms with Gasteiger partial charge in [-0.25, -0.2) is 0 Å². The first-order valence-corrected chi connectivity index (χ1v) is 4.92. The van der Waals surface area contributed by atoms with Crippen LogP contribution in [0.1, 0.15) is 39.0 Å². The average Bonchev–Trinajstić information content (AvgIpc) is 2.77. The minimum atomic E-state index is 0.716. The van der Waals surface area contributed by atoms with Crippen molar-refractivity contribution in [2.75, 3.05) is 7.05 Å². The molecule has 1 nitrogen and oxygen atoms in total. The van der Waals surface area contributed by atoms with Crippen molar-refractivity contribution >= 4 is 0 Å². The standard InChI is InChI=1S/C10H19N/c1-10(8-3-4-8)6-5-9(7-10)11-2/h8-9,11H,3-7H2,1-2H3. The molecule has 2 atom stereocenters. The molecule has 0 amide bonds. The van der Waals surface area contributed by atoms with E-state index in [0.717, 1.165) is 12.0 Å². The molecule has 2 unspecified atom stereocenters. The third-order valence-electron chi connectivity index (χ3n) is 3.75. The Morgan fingerprint density at radius 2 is 2.00 bits per heavy atom. The molecule has 0 saturated heterocycles. The van der Waals surface area contributed by atoms with Gasteiger partial charge >= 0.3 is 0 Å². The summed E-state index contributed by atoms with van der Waals surface area (Å²) in [5, 5.41) is 3.40. The average molecular weight is 153 g/mol. The SMILES string of the molecule is CNC1CCC(C)(C2CC2)C1. The molecule has 2 rings (SSSR count). The van der Waals surface area contributed by atoms with Gasteiger partial charge in [-0.1, -0.05) is 6.92 Å². The Balaban J connectivity index is 1.95. The second kappa shape index (κ2) is 2.48. The van der Waals surface area contributed by atoms with E-state index >= 15 is 0 Å². The Morgan fingerprint density at radius 3 is 2.45 bits per heavy atom. The van der Waals surface area contributed by atoms with E-state index in [2.05, 4.69) is 19.3 Å². The van der Waals surface area contributed by atoms with Crippen LogP contribution in [-0.2, 0) is 0 Å². The van der Waals surface area contributed by atoms with Crippen molar-refractivity contribution in [2.45, 2.75) is 45.1 Å². The van der Waals surface area contributed by atoms with Crippen molar-refractivity contribution in [1.82, 2.24) is 5.32 Å². The van der Waals surface area contributed by atoms with Crippen LogP contribution in [-0.4, -0.2) is 13.1 Å². The monoisotopic (exact) mass is 153 g/mol. The lowest BCUT2D eigenvalue weighted by Crippen LogP contribution is -2.24. The number of hydrogen-bond donors (Lipinski definition) is 1. The van der Waals surface area contributed by atoms with E-state index < -0.39 is 0 Å². The predicted octanol–water partition coefficient (Wildman–Crippen LogP) is 2.17. The molecule has 0 bridgehead atoms. The Bertz CT molecular complexity index is 151. The molecule has 11 heavy (non-hydrogen) atoms. The zero-order chi connectivity index (χ0) is 7.90. The molecule has 2 fully saturated rings. The highest BCUT2D eigenvalue weighted by molar-refractivity contribution is 4.98. The second-order valence-electron chi connectivity index (χ2n) is 4.66. The van der Waals surface area contributed by atoms with Crippen LogP contribution in [0.2, 0.25) is 0 Å². The first-order valence-electron chi connectivity index (χ1n) is 4.92. The molecule has 2 aliphatic rings. The van der Waals surface area contributed by atoms with Gasteiger partial charge in [0.15, 0.2) is 0 Å². The quantitative estimate of drug-likeness (QED) is 0.641. The van der Waals surface area contributed by atoms with Gasteiger partial charge in [-0.15, -0.1) is 0 Å². The van der Waals surface area contributed by atoms with E-state index in [1.807, 2.05) is 0 Å². The predicted molar refractivity (Wildman–Crippen MR) is 47.5 cm³/mol. The second-order valence-corrected chi connectivity index (χ2v) is 4.66. The molecule has 0 aliphatic heterocycles. The number of hydrogen-bond acceptors (Lipinski definition) is 1. The van der Waals surface area contributed by atoms with Crippen LogP contribution in [0.15, 0.2) is 0 Å². The molecular formula is C10H19N. The summed E-state index contributed by atoms with van der Waals surface area (Å²) in [6.45, 7) is 2.49. The molecule has 64 valence electrons. The summed E-state index contributed by atoms with van der Waals surface area (Å²) in [6.07, 6.45) is 7.31. The maximum absolute atomic E-state index is 3.40. The summed E-state index contributed by atoms with van der Waals surface area (Å²) in [5.41, 5.74) is 0.716. The van der Waals surface area contributed by atoms with Crippen molar-refractivity contribution in [3.05, 3.63) is 0 Å². The zero-order valence-electron chi connectivity index (χ0n) is 7.69. The smallest absolute Gasteiger partial charge is 0.00695 e. The molecule has 0 radical (unpaired) electrons. The zero-order valence-corrected chi connectivity index (χ0v) is 7.69. The van der Waals surface area contributed by atoms with Gasteiger partial charge in [-0.3, -0.25) is 0 Å². The molecule has 2 saturated carbocycles. The molecule has 0 aromatic rings. The fourth-order valence-corrected chi connectivity index (χ4v) is 2.67. The highest BCUT2D eigenvalue weighted by Gasteiger charge is 2.45. The molecule has 0 spiro atoms. The lowest BCUT2D eigenvalue weighted by Gasteiger charge is -2.23. The van der Waals surface area contributed by atoms with Crippen molar-refractivity contribution in [3.8, 4) is 0 Å². The summed E-state index contributed by atoms with van der Waals surface area (Å²) in [6, 6.07) is 0.820. The van der Waals surface area contributed by atoms with Gasteiger partial charge in [0.2, 0.25) is 0 Å². The van der Waals surface area contributed by atoms with Crippen molar-refractivity contribution < 1.29 is 0 Å². The topological polar surface area (TPSA) is 12.0 Å². The Labute approximate surface area is 69.6 Å². The Morgan fingerprint density at radius 1 is 1.27 bits per heavy atom. The first-order chi connectivity index (χ1) is 5.24. The molecule has 0 aromatic heterocycles. The third-order valence-corrected chi connectivity index (χ3v) is 3.75. The van der Waals surface area contributed by atoms with Crippen molar-refractivity contribution in [2.24, 2.45) is 11.3 Å². The molecule has 0 heterocycles. The number of rotatable bonds is 2. The van der Waals surface area contributed by atoms with Gasteiger partial charge < -0.3 is 5.32 Å². The van der Waals surface area contributed by atoms with E-state index in [0.29, 0.717) is 5.41 Å². The maximum Gasteiger partial charge on any atom is 0.00695 e. The highest BCUT2D eigenvalue weighted by Crippen LogP contribution is 2.54. The molecule has 0 aromatic carbocycles. The lowest BCUT2D eigenvalue weighted by molar-refractivity contribution is 0.276. The van der Waals surface area contributed by atoms with E-state index in [-0.39, 0.29) is 0 Å². The van der Waals surface area contributed by atoms with Gasteiger partial charge in [-0.2, -0.15) is 0 Å². The van der Waals surface area contributed by atoms with Gasteiger partial charge in [0.05, 0.1) is 0 Å². The highest BCUT2D eigenvalue weighted by atomic mass is 14.9. The largest absolute Gasteiger partial charge is 0.317 e. The fourth-order valence-electron chi connectivity index (χ4n) is 2.67. The van der Waals surface area contributed by atoms with Crippen LogP contribution < -0.4 is 5.32 Å². The summed E-state index contributed by atoms with van der Waals surface area (Å²) in [7, 11) is 2.10. The van der Waals surface area contributed by atoms with Gasteiger partial charge in [0.25, 0.3) is 0 Å². The molecular weight excluding hydrogens is 134 g/mol. The summed E-state index contributed by atoms with van der Waals surface area (Å²) >= 11 is 0. The van der Waals surface area contributed by atoms with Gasteiger partial charge in [-0.05, 0) is 50.5 Å². The fraction of sp³-hybridized carbons (Fsp3) is 1.00. The van der Waals surface area contributed by atoms with Gasteiger partial charge in [0, 0.05) is 6.04 Å². The molecule has 2 aliphatic carbocycles. The van der Waals surface area contributed by atoms with Crippen LogP contribution in [0.25, 0.3) is 0 Å². The molecule has 1 N–H and O–H groups in total. The van der Waals surface area contributed by atoms with E-state index in [1.54, 1.807) is 0 Å². The number of nitrogens with one attached hydrogen (secondary N) is 1. The summed E-state index contributed by atoms with van der Waals surface area (Å²) in [4.78, 5) is 0. The van der Waals surface area contributed by atoms with Crippen LogP contribution in [0.4, 0.5) is 0 Å².